The zero-order chi connectivity index (χ0) is 12.3. The average Bonchev–Trinajstić information content (AvgIpc) is 2.84. The molecule has 4 heteroatoms. The van der Waals surface area contributed by atoms with E-state index in [-0.39, 0.29) is 11.9 Å². The average molecular weight is 297 g/mol. The monoisotopic (exact) mass is 296 g/mol. The molecule has 0 bridgehead atoms. The van der Waals surface area contributed by atoms with E-state index in [4.69, 9.17) is 0 Å². The zero-order valence-corrected chi connectivity index (χ0v) is 11.5. The van der Waals surface area contributed by atoms with Crippen LogP contribution in [0.2, 0.25) is 0 Å². The molecule has 0 aromatic heterocycles. The first-order valence-electron chi connectivity index (χ1n) is 5.89. The number of halogens is 1. The Kier molecular flexibility index (Phi) is 4.18. The first-order chi connectivity index (χ1) is 8.16. The minimum absolute atomic E-state index is 0.0236. The van der Waals surface area contributed by atoms with Gasteiger partial charge in [0.1, 0.15) is 0 Å². The molecular formula is C13H17BrN2O. The minimum atomic E-state index is 0.0236. The van der Waals surface area contributed by atoms with Gasteiger partial charge in [0.05, 0.1) is 6.04 Å². The zero-order valence-electron chi connectivity index (χ0n) is 9.95. The molecule has 17 heavy (non-hydrogen) atoms. The first-order valence-corrected chi connectivity index (χ1v) is 6.69. The second kappa shape index (κ2) is 5.65. The summed E-state index contributed by atoms with van der Waals surface area (Å²) in [6.45, 7) is 1.63. The number of amides is 1. The van der Waals surface area contributed by atoms with Crippen LogP contribution in [0.5, 0.6) is 0 Å². The molecule has 0 radical (unpaired) electrons. The maximum Gasteiger partial charge on any atom is 0.239 e. The lowest BCUT2D eigenvalue weighted by molar-refractivity contribution is -0.132. The first kappa shape index (κ1) is 12.6. The van der Waals surface area contributed by atoms with Crippen LogP contribution in [-0.2, 0) is 11.3 Å². The van der Waals surface area contributed by atoms with Gasteiger partial charge in [-0.15, -0.1) is 0 Å². The second-order valence-electron chi connectivity index (χ2n) is 4.47. The van der Waals surface area contributed by atoms with E-state index in [2.05, 4.69) is 21.2 Å². The number of benzene rings is 1. The number of nitrogens with one attached hydrogen (secondary N) is 1. The van der Waals surface area contributed by atoms with Gasteiger partial charge in [0.25, 0.3) is 0 Å². The Labute approximate surface area is 110 Å². The molecule has 1 fully saturated rings. The van der Waals surface area contributed by atoms with Crippen LogP contribution in [0.4, 0.5) is 0 Å². The van der Waals surface area contributed by atoms with Crippen LogP contribution < -0.4 is 5.32 Å². The normalized spacial score (nSPS) is 19.3. The highest BCUT2D eigenvalue weighted by Crippen LogP contribution is 2.13. The van der Waals surface area contributed by atoms with Crippen LogP contribution in [0.3, 0.4) is 0 Å². The Balaban J connectivity index is 1.93. The predicted octanol–water partition coefficient (Wildman–Crippen LogP) is 2.16. The van der Waals surface area contributed by atoms with E-state index in [0.717, 1.165) is 29.4 Å². The summed E-state index contributed by atoms with van der Waals surface area (Å²) in [5, 5.41) is 3.23. The van der Waals surface area contributed by atoms with Crippen LogP contribution in [0.25, 0.3) is 0 Å². The van der Waals surface area contributed by atoms with Gasteiger partial charge in [0, 0.05) is 18.1 Å². The van der Waals surface area contributed by atoms with Gasteiger partial charge in [0.2, 0.25) is 5.91 Å². The van der Waals surface area contributed by atoms with Gasteiger partial charge in [-0.05, 0) is 37.1 Å². The third kappa shape index (κ3) is 3.30. The molecule has 0 spiro atoms. The molecule has 3 nitrogen and oxygen atoms in total. The summed E-state index contributed by atoms with van der Waals surface area (Å²) in [5.74, 6) is 0.199. The van der Waals surface area contributed by atoms with Crippen molar-refractivity contribution >= 4 is 21.8 Å². The Hall–Kier alpha value is -0.870. The quantitative estimate of drug-likeness (QED) is 0.927. The highest BCUT2D eigenvalue weighted by molar-refractivity contribution is 9.10. The molecule has 1 saturated heterocycles. The van der Waals surface area contributed by atoms with Gasteiger partial charge < -0.3 is 10.2 Å². The molecule has 2 rings (SSSR count). The number of hydrogen-bond donors (Lipinski definition) is 1. The van der Waals surface area contributed by atoms with Crippen molar-refractivity contribution in [2.45, 2.75) is 25.4 Å². The van der Waals surface area contributed by atoms with Crippen molar-refractivity contribution in [2.75, 3.05) is 13.6 Å². The van der Waals surface area contributed by atoms with Crippen molar-refractivity contribution in [2.24, 2.45) is 0 Å². The Morgan fingerprint density at radius 1 is 1.47 bits per heavy atom. The molecule has 1 aromatic rings. The van der Waals surface area contributed by atoms with Crippen molar-refractivity contribution in [1.29, 1.82) is 0 Å². The van der Waals surface area contributed by atoms with Crippen molar-refractivity contribution in [1.82, 2.24) is 10.2 Å². The van der Waals surface area contributed by atoms with E-state index in [1.807, 2.05) is 31.3 Å². The summed E-state index contributed by atoms with van der Waals surface area (Å²) < 4.78 is 1.06. The van der Waals surface area contributed by atoms with Crippen LogP contribution in [0, 0.1) is 0 Å². The van der Waals surface area contributed by atoms with Gasteiger partial charge in [-0.25, -0.2) is 0 Å². The van der Waals surface area contributed by atoms with Crippen LogP contribution in [-0.4, -0.2) is 30.4 Å². The maximum atomic E-state index is 12.1. The molecule has 1 unspecified atom stereocenters. The standard InChI is InChI=1S/C13H17BrN2O/c1-16(13(17)12-3-2-8-15-12)9-10-4-6-11(14)7-5-10/h4-7,12,15H,2-3,8-9H2,1H3. The minimum Gasteiger partial charge on any atom is -0.340 e. The fourth-order valence-corrected chi connectivity index (χ4v) is 2.37. The van der Waals surface area contributed by atoms with Gasteiger partial charge in [-0.2, -0.15) is 0 Å². The fourth-order valence-electron chi connectivity index (χ4n) is 2.10. The smallest absolute Gasteiger partial charge is 0.239 e. The van der Waals surface area contributed by atoms with E-state index in [1.165, 1.54) is 0 Å². The topological polar surface area (TPSA) is 32.3 Å². The summed E-state index contributed by atoms with van der Waals surface area (Å²) in [6, 6.07) is 8.10. The van der Waals surface area contributed by atoms with E-state index >= 15 is 0 Å². The second-order valence-corrected chi connectivity index (χ2v) is 5.39. The fraction of sp³-hybridized carbons (Fsp3) is 0.462. The number of hydrogen-bond acceptors (Lipinski definition) is 2. The maximum absolute atomic E-state index is 12.1. The Morgan fingerprint density at radius 2 is 2.18 bits per heavy atom. The predicted molar refractivity (Wildman–Crippen MR) is 71.6 cm³/mol. The van der Waals surface area contributed by atoms with Gasteiger partial charge >= 0.3 is 0 Å². The molecule has 0 aliphatic carbocycles. The van der Waals surface area contributed by atoms with E-state index in [1.54, 1.807) is 4.90 Å². The van der Waals surface area contributed by atoms with E-state index in [9.17, 15) is 4.79 Å². The Morgan fingerprint density at radius 3 is 2.76 bits per heavy atom. The molecule has 1 aliphatic heterocycles. The number of likely N-dealkylation sites (N-methyl/N-ethyl adjacent to an activating group) is 1. The van der Waals surface area contributed by atoms with Gasteiger partial charge in [-0.3, -0.25) is 4.79 Å². The molecular weight excluding hydrogens is 280 g/mol. The molecule has 1 atom stereocenters. The van der Waals surface area contributed by atoms with Crippen LogP contribution in [0.15, 0.2) is 28.7 Å². The van der Waals surface area contributed by atoms with Gasteiger partial charge in [-0.1, -0.05) is 28.1 Å². The van der Waals surface area contributed by atoms with E-state index < -0.39 is 0 Å². The molecule has 1 N–H and O–H groups in total. The third-order valence-electron chi connectivity index (χ3n) is 3.07. The molecule has 1 heterocycles. The number of carbonyl (C=O) groups excluding carboxylic acids is 1. The summed E-state index contributed by atoms with van der Waals surface area (Å²) in [5.41, 5.74) is 1.15. The number of nitrogens with zero attached hydrogens (tertiary/aromatic N) is 1. The molecule has 0 saturated carbocycles. The van der Waals surface area contributed by atoms with Crippen molar-refractivity contribution in [3.8, 4) is 0 Å². The Bertz CT molecular complexity index is 385. The summed E-state index contributed by atoms with van der Waals surface area (Å²) in [4.78, 5) is 13.9. The molecule has 1 aliphatic rings. The largest absolute Gasteiger partial charge is 0.340 e. The van der Waals surface area contributed by atoms with Gasteiger partial charge in [0.15, 0.2) is 0 Å². The van der Waals surface area contributed by atoms with Crippen molar-refractivity contribution in [3.05, 3.63) is 34.3 Å². The highest BCUT2D eigenvalue weighted by Gasteiger charge is 2.24. The summed E-state index contributed by atoms with van der Waals surface area (Å²) in [7, 11) is 1.87. The lowest BCUT2D eigenvalue weighted by Crippen LogP contribution is -2.41. The van der Waals surface area contributed by atoms with E-state index in [0.29, 0.717) is 6.54 Å². The molecule has 1 aromatic carbocycles. The van der Waals surface area contributed by atoms with Crippen molar-refractivity contribution in [3.63, 3.8) is 0 Å². The molecule has 92 valence electrons. The van der Waals surface area contributed by atoms with Crippen LogP contribution in [0.1, 0.15) is 18.4 Å². The van der Waals surface area contributed by atoms with Crippen molar-refractivity contribution < 1.29 is 4.79 Å². The molecule has 1 amide bonds. The van der Waals surface area contributed by atoms with Crippen LogP contribution >= 0.6 is 15.9 Å². The number of rotatable bonds is 3. The third-order valence-corrected chi connectivity index (χ3v) is 3.60. The summed E-state index contributed by atoms with van der Waals surface area (Å²) >= 11 is 3.40. The lowest BCUT2D eigenvalue weighted by Gasteiger charge is -2.21. The number of carbonyl (C=O) groups is 1. The lowest BCUT2D eigenvalue weighted by atomic mass is 10.1. The summed E-state index contributed by atoms with van der Waals surface area (Å²) in [6.07, 6.45) is 2.06. The SMILES string of the molecule is CN(Cc1ccc(Br)cc1)C(=O)C1CCCN1. The highest BCUT2D eigenvalue weighted by atomic mass is 79.9.